The number of hydrogen-bond donors (Lipinski definition) is 3. The van der Waals surface area contributed by atoms with Crippen LogP contribution in [0, 0.1) is 11.2 Å². The normalized spacial score (nSPS) is 12.2. The highest BCUT2D eigenvalue weighted by Crippen LogP contribution is 2.27. The summed E-state index contributed by atoms with van der Waals surface area (Å²) in [5.74, 6) is -0.799. The summed E-state index contributed by atoms with van der Waals surface area (Å²) in [4.78, 5) is 12.3. The molecule has 20 heavy (non-hydrogen) atoms. The lowest BCUT2D eigenvalue weighted by Crippen LogP contribution is -2.49. The van der Waals surface area contributed by atoms with E-state index in [0.29, 0.717) is 18.4 Å². The third kappa shape index (κ3) is 3.26. The number of hydrogen-bond acceptors (Lipinski definition) is 3. The first-order valence-corrected chi connectivity index (χ1v) is 6.51. The number of nitrogens with two attached hydrogens (primary N) is 1. The Labute approximate surface area is 117 Å². The molecular formula is C14H20FN3O2. The average Bonchev–Trinajstić information content (AvgIpc) is 2.46. The van der Waals surface area contributed by atoms with Crippen LogP contribution >= 0.6 is 0 Å². The highest BCUT2D eigenvalue weighted by atomic mass is 19.1. The number of benzene rings is 1. The molecule has 0 unspecified atom stereocenters. The molecule has 5 nitrogen and oxygen atoms in total. The molecule has 110 valence electrons. The third-order valence-electron chi connectivity index (χ3n) is 3.58. The van der Waals surface area contributed by atoms with Crippen molar-refractivity contribution >= 4 is 11.7 Å². The number of amides is 1. The Hall–Kier alpha value is -2.11. The fourth-order valence-electron chi connectivity index (χ4n) is 2.14. The molecule has 0 radical (unpaired) electrons. The van der Waals surface area contributed by atoms with E-state index in [2.05, 4.69) is 10.5 Å². The molecule has 0 aliphatic heterocycles. The molecule has 1 aromatic rings. The van der Waals surface area contributed by atoms with E-state index in [1.807, 2.05) is 0 Å². The maximum absolute atomic E-state index is 13.1. The summed E-state index contributed by atoms with van der Waals surface area (Å²) in [6.07, 6.45) is 0.822. The van der Waals surface area contributed by atoms with Crippen molar-refractivity contribution in [1.29, 1.82) is 0 Å². The number of oxime groups is 1. The molecule has 0 aliphatic rings. The first kappa shape index (κ1) is 15.9. The van der Waals surface area contributed by atoms with E-state index in [1.165, 1.54) is 12.1 Å². The van der Waals surface area contributed by atoms with Gasteiger partial charge in [0, 0.05) is 6.54 Å². The Bertz CT molecular complexity index is 499. The predicted molar refractivity (Wildman–Crippen MR) is 74.7 cm³/mol. The molecule has 1 amide bonds. The van der Waals surface area contributed by atoms with Gasteiger partial charge in [-0.05, 0) is 30.5 Å². The summed E-state index contributed by atoms with van der Waals surface area (Å²) in [6.45, 7) is 3.78. The second-order valence-electron chi connectivity index (χ2n) is 4.59. The Morgan fingerprint density at radius 2 is 2.10 bits per heavy atom. The molecule has 1 rings (SSSR count). The van der Waals surface area contributed by atoms with Crippen molar-refractivity contribution in [2.45, 2.75) is 33.2 Å². The van der Waals surface area contributed by atoms with Gasteiger partial charge in [-0.15, -0.1) is 0 Å². The van der Waals surface area contributed by atoms with Gasteiger partial charge in [-0.25, -0.2) is 4.39 Å². The summed E-state index contributed by atoms with van der Waals surface area (Å²) in [5, 5.41) is 14.5. The summed E-state index contributed by atoms with van der Waals surface area (Å²) < 4.78 is 13.1. The predicted octanol–water partition coefficient (Wildman–Crippen LogP) is 1.99. The van der Waals surface area contributed by atoms with Crippen molar-refractivity contribution in [3.63, 3.8) is 0 Å². The van der Waals surface area contributed by atoms with Crippen LogP contribution < -0.4 is 11.1 Å². The van der Waals surface area contributed by atoms with E-state index in [1.54, 1.807) is 26.0 Å². The SMILES string of the molecule is CCC(CC)(C(=O)NCc1cccc(F)c1)C(N)=NO. The molecule has 0 aliphatic carbocycles. The largest absolute Gasteiger partial charge is 0.409 e. The fraction of sp³-hybridized carbons (Fsp3) is 0.429. The minimum atomic E-state index is -1.04. The summed E-state index contributed by atoms with van der Waals surface area (Å²) in [6, 6.07) is 5.98. The molecule has 1 aromatic carbocycles. The number of nitrogens with zero attached hydrogens (tertiary/aromatic N) is 1. The summed E-state index contributed by atoms with van der Waals surface area (Å²) in [5.41, 5.74) is 5.26. The van der Waals surface area contributed by atoms with Gasteiger partial charge in [-0.3, -0.25) is 4.79 Å². The standard InChI is InChI=1S/C14H20FN3O2/c1-3-14(4-2,12(16)18-20)13(19)17-9-10-6-5-7-11(15)8-10/h5-8,20H,3-4,9H2,1-2H3,(H2,16,18)(H,17,19). The molecule has 4 N–H and O–H groups in total. The van der Waals surface area contributed by atoms with Gasteiger partial charge in [0.2, 0.25) is 5.91 Å². The Balaban J connectivity index is 2.83. The second-order valence-corrected chi connectivity index (χ2v) is 4.59. The first-order valence-electron chi connectivity index (χ1n) is 6.51. The smallest absolute Gasteiger partial charge is 0.234 e. The minimum absolute atomic E-state index is 0.112. The lowest BCUT2D eigenvalue weighted by Gasteiger charge is -2.28. The molecule has 0 atom stereocenters. The van der Waals surface area contributed by atoms with Crippen LogP contribution in [0.25, 0.3) is 0 Å². The molecular weight excluding hydrogens is 261 g/mol. The Morgan fingerprint density at radius 1 is 1.45 bits per heavy atom. The molecule has 0 bridgehead atoms. The van der Waals surface area contributed by atoms with Gasteiger partial charge >= 0.3 is 0 Å². The van der Waals surface area contributed by atoms with Gasteiger partial charge < -0.3 is 16.3 Å². The third-order valence-corrected chi connectivity index (χ3v) is 3.58. The monoisotopic (exact) mass is 281 g/mol. The lowest BCUT2D eigenvalue weighted by molar-refractivity contribution is -0.128. The van der Waals surface area contributed by atoms with E-state index in [4.69, 9.17) is 10.9 Å². The van der Waals surface area contributed by atoms with Gasteiger partial charge in [-0.1, -0.05) is 31.1 Å². The minimum Gasteiger partial charge on any atom is -0.409 e. The average molecular weight is 281 g/mol. The van der Waals surface area contributed by atoms with Crippen LogP contribution in [-0.4, -0.2) is 17.0 Å². The van der Waals surface area contributed by atoms with Crippen LogP contribution in [-0.2, 0) is 11.3 Å². The van der Waals surface area contributed by atoms with Crippen molar-refractivity contribution < 1.29 is 14.4 Å². The van der Waals surface area contributed by atoms with Crippen molar-refractivity contribution in [3.8, 4) is 0 Å². The number of amidine groups is 1. The molecule has 0 fully saturated rings. The first-order chi connectivity index (χ1) is 9.50. The van der Waals surface area contributed by atoms with Gasteiger partial charge in [0.15, 0.2) is 5.84 Å². The Morgan fingerprint density at radius 3 is 2.60 bits per heavy atom. The van der Waals surface area contributed by atoms with Gasteiger partial charge in [-0.2, -0.15) is 0 Å². The molecule has 0 aromatic heterocycles. The Kier molecular flexibility index (Phi) is 5.49. The molecule has 0 saturated carbocycles. The molecule has 0 heterocycles. The van der Waals surface area contributed by atoms with Crippen molar-refractivity contribution in [3.05, 3.63) is 35.6 Å². The summed E-state index contributed by atoms with van der Waals surface area (Å²) >= 11 is 0. The molecule has 0 spiro atoms. The van der Waals surface area contributed by atoms with E-state index in [9.17, 15) is 9.18 Å². The van der Waals surface area contributed by atoms with Crippen LogP contribution in [0.5, 0.6) is 0 Å². The zero-order chi connectivity index (χ0) is 15.2. The van der Waals surface area contributed by atoms with Crippen molar-refractivity contribution in [2.24, 2.45) is 16.3 Å². The maximum Gasteiger partial charge on any atom is 0.234 e. The van der Waals surface area contributed by atoms with Crippen molar-refractivity contribution in [1.82, 2.24) is 5.32 Å². The highest BCUT2D eigenvalue weighted by Gasteiger charge is 2.39. The van der Waals surface area contributed by atoms with E-state index < -0.39 is 5.41 Å². The van der Waals surface area contributed by atoms with Gasteiger partial charge in [0.25, 0.3) is 0 Å². The van der Waals surface area contributed by atoms with Gasteiger partial charge in [0.1, 0.15) is 11.2 Å². The quantitative estimate of drug-likeness (QED) is 0.322. The zero-order valence-electron chi connectivity index (χ0n) is 11.7. The summed E-state index contributed by atoms with van der Waals surface area (Å²) in [7, 11) is 0. The number of nitrogens with one attached hydrogen (secondary N) is 1. The molecule has 6 heteroatoms. The van der Waals surface area contributed by atoms with Crippen LogP contribution in [0.1, 0.15) is 32.3 Å². The van der Waals surface area contributed by atoms with Gasteiger partial charge in [0.05, 0.1) is 0 Å². The zero-order valence-corrected chi connectivity index (χ0v) is 11.7. The number of rotatable bonds is 6. The van der Waals surface area contributed by atoms with Crippen LogP contribution in [0.15, 0.2) is 29.4 Å². The van der Waals surface area contributed by atoms with E-state index in [0.717, 1.165) is 0 Å². The van der Waals surface area contributed by atoms with E-state index in [-0.39, 0.29) is 24.1 Å². The topological polar surface area (TPSA) is 87.7 Å². The molecule has 0 saturated heterocycles. The fourth-order valence-corrected chi connectivity index (χ4v) is 2.14. The number of carbonyl (C=O) groups is 1. The van der Waals surface area contributed by atoms with Crippen molar-refractivity contribution in [2.75, 3.05) is 0 Å². The van der Waals surface area contributed by atoms with Crippen LogP contribution in [0.4, 0.5) is 4.39 Å². The number of halogens is 1. The number of carbonyl (C=O) groups excluding carboxylic acids is 1. The van der Waals surface area contributed by atoms with Crippen LogP contribution in [0.2, 0.25) is 0 Å². The second kappa shape index (κ2) is 6.88. The highest BCUT2D eigenvalue weighted by molar-refractivity contribution is 6.06. The maximum atomic E-state index is 13.1. The van der Waals surface area contributed by atoms with Crippen LogP contribution in [0.3, 0.4) is 0 Å². The lowest BCUT2D eigenvalue weighted by atomic mass is 9.80. The van der Waals surface area contributed by atoms with E-state index >= 15 is 0 Å².